The van der Waals surface area contributed by atoms with Gasteiger partial charge in [0.25, 0.3) is 5.56 Å². The van der Waals surface area contributed by atoms with E-state index in [1.807, 2.05) is 48.4 Å². The lowest BCUT2D eigenvalue weighted by Gasteiger charge is -2.28. The zero-order chi connectivity index (χ0) is 22.9. The summed E-state index contributed by atoms with van der Waals surface area (Å²) < 4.78 is 14.5. The molecular weight excluding hydrogens is 440 g/mol. The highest BCUT2D eigenvalue weighted by Gasteiger charge is 2.16. The third-order valence-corrected chi connectivity index (χ3v) is 6.30. The Morgan fingerprint density at radius 1 is 1.15 bits per heavy atom. The normalized spacial score (nSPS) is 14.1. The summed E-state index contributed by atoms with van der Waals surface area (Å²) in [5.74, 6) is 0.700. The standard InChI is InChI=1S/C25H25ClN4O3/c1-28-16-22(21-13-20(14-27-25(21)28)29-7-9-33-10-8-29)17-5-6-30(24(31)12-17)15-18-11-19(26)3-4-23(18)32-2/h3-6,11-14,16H,7-10,15H2,1-2H3. The molecule has 0 aliphatic carbocycles. The third-order valence-electron chi connectivity index (χ3n) is 6.07. The van der Waals surface area contributed by atoms with Gasteiger partial charge in [0.05, 0.1) is 38.8 Å². The first-order valence-corrected chi connectivity index (χ1v) is 11.2. The van der Waals surface area contributed by atoms with Crippen molar-refractivity contribution in [3.8, 4) is 16.9 Å². The summed E-state index contributed by atoms with van der Waals surface area (Å²) in [6, 6.07) is 11.2. The lowest BCUT2D eigenvalue weighted by Crippen LogP contribution is -2.36. The summed E-state index contributed by atoms with van der Waals surface area (Å²) in [5.41, 5.74) is 4.56. The largest absolute Gasteiger partial charge is 0.496 e. The van der Waals surface area contributed by atoms with Gasteiger partial charge in [-0.2, -0.15) is 0 Å². The molecule has 0 saturated carbocycles. The fraction of sp³-hybridized carbons (Fsp3) is 0.280. The highest BCUT2D eigenvalue weighted by Crippen LogP contribution is 2.31. The minimum Gasteiger partial charge on any atom is -0.496 e. The van der Waals surface area contributed by atoms with Gasteiger partial charge in [-0.1, -0.05) is 11.6 Å². The van der Waals surface area contributed by atoms with Crippen LogP contribution in [0.5, 0.6) is 5.75 Å². The molecule has 3 aromatic heterocycles. The highest BCUT2D eigenvalue weighted by atomic mass is 35.5. The number of hydrogen-bond acceptors (Lipinski definition) is 5. The van der Waals surface area contributed by atoms with E-state index < -0.39 is 0 Å². The predicted octanol–water partition coefficient (Wildman–Crippen LogP) is 3.95. The number of methoxy groups -OCH3 is 1. The van der Waals surface area contributed by atoms with Crippen LogP contribution in [0.25, 0.3) is 22.2 Å². The minimum absolute atomic E-state index is 0.0937. The van der Waals surface area contributed by atoms with Crippen molar-refractivity contribution in [3.05, 3.63) is 75.9 Å². The Balaban J connectivity index is 1.51. The van der Waals surface area contributed by atoms with Crippen molar-refractivity contribution in [2.75, 3.05) is 38.3 Å². The maximum atomic E-state index is 13.0. The minimum atomic E-state index is -0.0937. The van der Waals surface area contributed by atoms with Crippen LogP contribution in [0, 0.1) is 0 Å². The maximum Gasteiger partial charge on any atom is 0.251 e. The second kappa shape index (κ2) is 8.92. The molecule has 170 valence electrons. The molecule has 0 N–H and O–H groups in total. The number of nitrogens with zero attached hydrogens (tertiary/aromatic N) is 4. The van der Waals surface area contributed by atoms with Gasteiger partial charge in [-0.25, -0.2) is 4.98 Å². The first kappa shape index (κ1) is 21.6. The molecule has 1 fully saturated rings. The number of aromatic nitrogens is 3. The second-order valence-corrected chi connectivity index (χ2v) is 8.59. The summed E-state index contributed by atoms with van der Waals surface area (Å²) in [7, 11) is 3.58. The molecule has 5 rings (SSSR count). The Bertz CT molecular complexity index is 1370. The van der Waals surface area contributed by atoms with Crippen LogP contribution in [-0.4, -0.2) is 47.5 Å². The van der Waals surface area contributed by atoms with E-state index in [9.17, 15) is 4.79 Å². The van der Waals surface area contributed by atoms with Gasteiger partial charge in [-0.3, -0.25) is 4.79 Å². The van der Waals surface area contributed by atoms with Gasteiger partial charge >= 0.3 is 0 Å². The Kier molecular flexibility index (Phi) is 5.83. The van der Waals surface area contributed by atoms with Crippen molar-refractivity contribution in [2.45, 2.75) is 6.54 Å². The number of benzene rings is 1. The number of rotatable bonds is 5. The predicted molar refractivity (Wildman–Crippen MR) is 131 cm³/mol. The van der Waals surface area contributed by atoms with E-state index in [0.29, 0.717) is 17.3 Å². The maximum absolute atomic E-state index is 13.0. The van der Waals surface area contributed by atoms with Crippen molar-refractivity contribution >= 4 is 28.3 Å². The first-order valence-electron chi connectivity index (χ1n) is 10.8. The van der Waals surface area contributed by atoms with Crippen molar-refractivity contribution < 1.29 is 9.47 Å². The topological polar surface area (TPSA) is 61.5 Å². The average molecular weight is 465 g/mol. The van der Waals surface area contributed by atoms with Gasteiger partial charge in [-0.05, 0) is 35.9 Å². The van der Waals surface area contributed by atoms with E-state index >= 15 is 0 Å². The molecule has 0 amide bonds. The molecule has 4 aromatic rings. The molecule has 0 spiro atoms. The number of halogens is 1. The fourth-order valence-electron chi connectivity index (χ4n) is 4.33. The number of aryl methyl sites for hydroxylation is 1. The Labute approximate surface area is 196 Å². The zero-order valence-corrected chi connectivity index (χ0v) is 19.4. The van der Waals surface area contributed by atoms with E-state index in [1.165, 1.54) is 0 Å². The molecule has 0 radical (unpaired) electrons. The SMILES string of the molecule is COc1ccc(Cl)cc1Cn1ccc(-c2cn(C)c3ncc(N4CCOCC4)cc23)cc1=O. The van der Waals surface area contributed by atoms with Crippen LogP contribution >= 0.6 is 11.6 Å². The molecule has 0 atom stereocenters. The number of fused-ring (bicyclic) bond motifs is 1. The number of pyridine rings is 2. The molecule has 1 saturated heterocycles. The lowest BCUT2D eigenvalue weighted by molar-refractivity contribution is 0.122. The van der Waals surface area contributed by atoms with E-state index in [1.54, 1.807) is 23.8 Å². The van der Waals surface area contributed by atoms with E-state index in [4.69, 9.17) is 26.1 Å². The average Bonchev–Trinajstić information content (AvgIpc) is 3.17. The van der Waals surface area contributed by atoms with Gasteiger partial charge in [0, 0.05) is 60.1 Å². The molecule has 0 unspecified atom stereocenters. The lowest BCUT2D eigenvalue weighted by atomic mass is 10.1. The Morgan fingerprint density at radius 2 is 1.97 bits per heavy atom. The molecule has 0 bridgehead atoms. The van der Waals surface area contributed by atoms with E-state index in [2.05, 4.69) is 11.0 Å². The smallest absolute Gasteiger partial charge is 0.251 e. The van der Waals surface area contributed by atoms with Crippen LogP contribution in [0.15, 0.2) is 59.8 Å². The van der Waals surface area contributed by atoms with Gasteiger partial charge in [0.1, 0.15) is 11.4 Å². The molecular formula is C25H25ClN4O3. The summed E-state index contributed by atoms with van der Waals surface area (Å²) in [6.45, 7) is 3.50. The van der Waals surface area contributed by atoms with Crippen LogP contribution in [0.3, 0.4) is 0 Å². The summed E-state index contributed by atoms with van der Waals surface area (Å²) in [4.78, 5) is 20.0. The number of hydrogen-bond donors (Lipinski definition) is 0. The highest BCUT2D eigenvalue weighted by molar-refractivity contribution is 6.30. The van der Waals surface area contributed by atoms with Gasteiger partial charge in [0.2, 0.25) is 0 Å². The third kappa shape index (κ3) is 4.21. The summed E-state index contributed by atoms with van der Waals surface area (Å²) >= 11 is 6.15. The van der Waals surface area contributed by atoms with Crippen LogP contribution in [0.4, 0.5) is 5.69 Å². The van der Waals surface area contributed by atoms with Crippen molar-refractivity contribution in [1.82, 2.24) is 14.1 Å². The van der Waals surface area contributed by atoms with Gasteiger partial charge < -0.3 is 23.5 Å². The Hall–Kier alpha value is -3.29. The number of ether oxygens (including phenoxy) is 2. The van der Waals surface area contributed by atoms with Crippen molar-refractivity contribution in [3.63, 3.8) is 0 Å². The van der Waals surface area contributed by atoms with Gasteiger partial charge in [-0.15, -0.1) is 0 Å². The van der Waals surface area contributed by atoms with Crippen LogP contribution in [-0.2, 0) is 18.3 Å². The van der Waals surface area contributed by atoms with E-state index in [0.717, 1.165) is 59.7 Å². The molecule has 1 aliphatic heterocycles. The van der Waals surface area contributed by atoms with Crippen LogP contribution < -0.4 is 15.2 Å². The Morgan fingerprint density at radius 3 is 2.73 bits per heavy atom. The molecule has 7 nitrogen and oxygen atoms in total. The zero-order valence-electron chi connectivity index (χ0n) is 18.6. The fourth-order valence-corrected chi connectivity index (χ4v) is 4.53. The first-order chi connectivity index (χ1) is 16.0. The summed E-state index contributed by atoms with van der Waals surface area (Å²) in [6.07, 6.45) is 5.75. The second-order valence-electron chi connectivity index (χ2n) is 8.16. The quantitative estimate of drug-likeness (QED) is 0.447. The van der Waals surface area contributed by atoms with Crippen molar-refractivity contribution in [2.24, 2.45) is 7.05 Å². The molecule has 33 heavy (non-hydrogen) atoms. The van der Waals surface area contributed by atoms with Crippen LogP contribution in [0.2, 0.25) is 5.02 Å². The monoisotopic (exact) mass is 464 g/mol. The van der Waals surface area contributed by atoms with Crippen LogP contribution in [0.1, 0.15) is 5.56 Å². The molecule has 4 heterocycles. The molecule has 8 heteroatoms. The van der Waals surface area contributed by atoms with E-state index in [-0.39, 0.29) is 5.56 Å². The number of anilines is 1. The molecule has 1 aromatic carbocycles. The summed E-state index contributed by atoms with van der Waals surface area (Å²) in [5, 5.41) is 1.63. The van der Waals surface area contributed by atoms with Crippen molar-refractivity contribution in [1.29, 1.82) is 0 Å². The molecule has 1 aliphatic rings. The van der Waals surface area contributed by atoms with Gasteiger partial charge in [0.15, 0.2) is 0 Å². The number of morpholine rings is 1.